The third-order valence-corrected chi connectivity index (χ3v) is 3.17. The van der Waals surface area contributed by atoms with E-state index in [9.17, 15) is 9.59 Å². The van der Waals surface area contributed by atoms with Gasteiger partial charge in [-0.3, -0.25) is 9.59 Å². The van der Waals surface area contributed by atoms with Crippen LogP contribution in [0.2, 0.25) is 0 Å². The zero-order valence-electron chi connectivity index (χ0n) is 12.8. The summed E-state index contributed by atoms with van der Waals surface area (Å²) in [6.45, 7) is 3.62. The highest BCUT2D eigenvalue weighted by Gasteiger charge is 2.11. The molecule has 0 heterocycles. The fourth-order valence-corrected chi connectivity index (χ4v) is 2.08. The van der Waals surface area contributed by atoms with Crippen LogP contribution in [-0.2, 0) is 4.79 Å². The molecule has 2 aromatic rings. The van der Waals surface area contributed by atoms with Crippen LogP contribution in [0, 0.1) is 6.92 Å². The van der Waals surface area contributed by atoms with Gasteiger partial charge in [0.15, 0.2) is 12.4 Å². The molecule has 4 nitrogen and oxygen atoms in total. The number of rotatable bonds is 6. The van der Waals surface area contributed by atoms with E-state index in [1.54, 1.807) is 31.2 Å². The number of carbonyl (C=O) groups excluding carboxylic acids is 2. The molecule has 114 valence electrons. The number of ether oxygens (including phenoxy) is 1. The van der Waals surface area contributed by atoms with Crippen molar-refractivity contribution in [1.29, 1.82) is 0 Å². The maximum Gasteiger partial charge on any atom is 0.262 e. The molecule has 0 fully saturated rings. The second-order valence-electron chi connectivity index (χ2n) is 4.98. The molecule has 2 rings (SSSR count). The van der Waals surface area contributed by atoms with Gasteiger partial charge < -0.3 is 10.1 Å². The topological polar surface area (TPSA) is 55.4 Å². The molecule has 0 aliphatic heterocycles. The lowest BCUT2D eigenvalue weighted by atomic mass is 10.1. The van der Waals surface area contributed by atoms with Crippen molar-refractivity contribution in [3.8, 4) is 5.75 Å². The summed E-state index contributed by atoms with van der Waals surface area (Å²) in [6.07, 6.45) is 0.399. The van der Waals surface area contributed by atoms with Gasteiger partial charge in [0, 0.05) is 12.1 Å². The van der Waals surface area contributed by atoms with E-state index < -0.39 is 0 Å². The summed E-state index contributed by atoms with van der Waals surface area (Å²) in [5.74, 6) is 0.174. The average Bonchev–Trinajstić information content (AvgIpc) is 2.52. The van der Waals surface area contributed by atoms with Gasteiger partial charge in [-0.15, -0.1) is 0 Å². The summed E-state index contributed by atoms with van der Waals surface area (Å²) in [5, 5.41) is 2.77. The number of para-hydroxylation sites is 1. The third-order valence-electron chi connectivity index (χ3n) is 3.17. The van der Waals surface area contributed by atoms with Crippen LogP contribution in [0.5, 0.6) is 5.75 Å². The molecule has 1 N–H and O–H groups in total. The van der Waals surface area contributed by atoms with Crippen molar-refractivity contribution in [2.45, 2.75) is 20.3 Å². The molecule has 22 heavy (non-hydrogen) atoms. The Morgan fingerprint density at radius 3 is 2.59 bits per heavy atom. The first-order valence-corrected chi connectivity index (χ1v) is 7.21. The molecule has 0 saturated heterocycles. The molecule has 0 aliphatic carbocycles. The Labute approximate surface area is 130 Å². The van der Waals surface area contributed by atoms with Gasteiger partial charge in [0.2, 0.25) is 0 Å². The van der Waals surface area contributed by atoms with Crippen LogP contribution in [-0.4, -0.2) is 18.3 Å². The van der Waals surface area contributed by atoms with Crippen LogP contribution in [0.25, 0.3) is 0 Å². The van der Waals surface area contributed by atoms with Crippen molar-refractivity contribution in [2.24, 2.45) is 0 Å². The van der Waals surface area contributed by atoms with Crippen LogP contribution >= 0.6 is 0 Å². The zero-order valence-corrected chi connectivity index (χ0v) is 12.8. The largest absolute Gasteiger partial charge is 0.483 e. The normalized spacial score (nSPS) is 10.1. The standard InChI is InChI=1S/C18H19NO3/c1-3-16(20)15-9-4-5-10-17(15)22-12-18(21)19-14-8-6-7-13(2)11-14/h4-11H,3,12H2,1-2H3,(H,19,21). The van der Waals surface area contributed by atoms with Gasteiger partial charge in [0.25, 0.3) is 5.91 Å². The molecular formula is C18H19NO3. The predicted molar refractivity (Wildman–Crippen MR) is 86.4 cm³/mol. The quantitative estimate of drug-likeness (QED) is 0.829. The lowest BCUT2D eigenvalue weighted by Crippen LogP contribution is -2.20. The minimum Gasteiger partial charge on any atom is -0.483 e. The Bertz CT molecular complexity index is 680. The minimum atomic E-state index is -0.260. The number of nitrogens with one attached hydrogen (secondary N) is 1. The fourth-order valence-electron chi connectivity index (χ4n) is 2.08. The van der Waals surface area contributed by atoms with E-state index in [0.717, 1.165) is 11.3 Å². The number of amides is 1. The molecule has 0 unspecified atom stereocenters. The van der Waals surface area contributed by atoms with Gasteiger partial charge in [0.05, 0.1) is 5.56 Å². The van der Waals surface area contributed by atoms with Crippen molar-refractivity contribution in [1.82, 2.24) is 0 Å². The summed E-state index contributed by atoms with van der Waals surface area (Å²) in [6, 6.07) is 14.5. The second-order valence-corrected chi connectivity index (χ2v) is 4.98. The smallest absolute Gasteiger partial charge is 0.262 e. The fraction of sp³-hybridized carbons (Fsp3) is 0.222. The number of benzene rings is 2. The highest BCUT2D eigenvalue weighted by atomic mass is 16.5. The molecule has 0 radical (unpaired) electrons. The molecule has 0 atom stereocenters. The zero-order chi connectivity index (χ0) is 15.9. The van der Waals surface area contributed by atoms with Crippen molar-refractivity contribution in [2.75, 3.05) is 11.9 Å². The lowest BCUT2D eigenvalue weighted by Gasteiger charge is -2.10. The number of ketones is 1. The minimum absolute atomic E-state index is 0.00491. The van der Waals surface area contributed by atoms with Crippen LogP contribution < -0.4 is 10.1 Å². The Balaban J connectivity index is 1.98. The summed E-state index contributed by atoms with van der Waals surface area (Å²) >= 11 is 0. The number of hydrogen-bond donors (Lipinski definition) is 1. The van der Waals surface area contributed by atoms with E-state index in [1.807, 2.05) is 31.2 Å². The van der Waals surface area contributed by atoms with Crippen LogP contribution in [0.1, 0.15) is 29.3 Å². The molecule has 0 aromatic heterocycles. The molecular weight excluding hydrogens is 278 g/mol. The van der Waals surface area contributed by atoms with E-state index in [1.165, 1.54) is 0 Å². The summed E-state index contributed by atoms with van der Waals surface area (Å²) in [4.78, 5) is 23.8. The Hall–Kier alpha value is -2.62. The lowest BCUT2D eigenvalue weighted by molar-refractivity contribution is -0.118. The summed E-state index contributed by atoms with van der Waals surface area (Å²) in [7, 11) is 0. The third kappa shape index (κ3) is 4.19. The number of hydrogen-bond acceptors (Lipinski definition) is 3. The predicted octanol–water partition coefficient (Wildman–Crippen LogP) is 3.61. The highest BCUT2D eigenvalue weighted by Crippen LogP contribution is 2.19. The van der Waals surface area contributed by atoms with Gasteiger partial charge >= 0.3 is 0 Å². The second kappa shape index (κ2) is 7.41. The number of carbonyl (C=O) groups is 2. The molecule has 0 bridgehead atoms. The van der Waals surface area contributed by atoms with Crippen molar-refractivity contribution in [3.05, 3.63) is 59.7 Å². The van der Waals surface area contributed by atoms with E-state index in [0.29, 0.717) is 17.7 Å². The Kier molecular flexibility index (Phi) is 5.31. The first-order valence-electron chi connectivity index (χ1n) is 7.21. The van der Waals surface area contributed by atoms with Crippen molar-refractivity contribution < 1.29 is 14.3 Å². The average molecular weight is 297 g/mol. The van der Waals surface area contributed by atoms with E-state index >= 15 is 0 Å². The molecule has 0 spiro atoms. The van der Waals surface area contributed by atoms with Gasteiger partial charge in [0.1, 0.15) is 5.75 Å². The monoisotopic (exact) mass is 297 g/mol. The number of anilines is 1. The van der Waals surface area contributed by atoms with Gasteiger partial charge in [-0.05, 0) is 36.8 Å². The maximum absolute atomic E-state index is 11.9. The SMILES string of the molecule is CCC(=O)c1ccccc1OCC(=O)Nc1cccc(C)c1. The number of Topliss-reactive ketones (excluding diaryl/α,β-unsaturated/α-hetero) is 1. The van der Waals surface area contributed by atoms with E-state index in [4.69, 9.17) is 4.74 Å². The summed E-state index contributed by atoms with van der Waals surface area (Å²) < 4.78 is 5.49. The van der Waals surface area contributed by atoms with Gasteiger partial charge in [-0.2, -0.15) is 0 Å². The van der Waals surface area contributed by atoms with Crippen molar-refractivity contribution >= 4 is 17.4 Å². The molecule has 2 aromatic carbocycles. The molecule has 4 heteroatoms. The first kappa shape index (κ1) is 15.8. The van der Waals surface area contributed by atoms with Gasteiger partial charge in [-0.25, -0.2) is 0 Å². The van der Waals surface area contributed by atoms with Crippen LogP contribution in [0.4, 0.5) is 5.69 Å². The maximum atomic E-state index is 11.9. The Morgan fingerprint density at radius 1 is 1.09 bits per heavy atom. The van der Waals surface area contributed by atoms with Gasteiger partial charge in [-0.1, -0.05) is 31.2 Å². The summed E-state index contributed by atoms with van der Waals surface area (Å²) in [5.41, 5.74) is 2.30. The van der Waals surface area contributed by atoms with Crippen LogP contribution in [0.3, 0.4) is 0 Å². The highest BCUT2D eigenvalue weighted by molar-refractivity contribution is 5.98. The van der Waals surface area contributed by atoms with Crippen LogP contribution in [0.15, 0.2) is 48.5 Å². The molecule has 0 aliphatic rings. The number of aryl methyl sites for hydroxylation is 1. The van der Waals surface area contributed by atoms with E-state index in [2.05, 4.69) is 5.32 Å². The first-order chi connectivity index (χ1) is 10.6. The van der Waals surface area contributed by atoms with Crippen molar-refractivity contribution in [3.63, 3.8) is 0 Å². The van der Waals surface area contributed by atoms with E-state index in [-0.39, 0.29) is 18.3 Å². The molecule has 1 amide bonds. The molecule has 0 saturated carbocycles. The Morgan fingerprint density at radius 2 is 1.86 bits per heavy atom.